The lowest BCUT2D eigenvalue weighted by Crippen LogP contribution is -2.19. The van der Waals surface area contributed by atoms with Crippen molar-refractivity contribution < 1.29 is 0 Å². The molecule has 2 aromatic carbocycles. The van der Waals surface area contributed by atoms with Gasteiger partial charge in [0.25, 0.3) is 0 Å². The first-order valence-electron chi connectivity index (χ1n) is 9.25. The van der Waals surface area contributed by atoms with Gasteiger partial charge in [0.05, 0.1) is 0 Å². The summed E-state index contributed by atoms with van der Waals surface area (Å²) in [5.74, 6) is 0.449. The number of benzene rings is 2. The van der Waals surface area contributed by atoms with Crippen LogP contribution in [0.15, 0.2) is 60.7 Å². The first kappa shape index (κ1) is 23.4. The zero-order valence-electron chi connectivity index (χ0n) is 16.8. The third-order valence-electron chi connectivity index (χ3n) is 4.13. The Morgan fingerprint density at radius 2 is 1.04 bits per heavy atom. The number of hydrogen-bond donors (Lipinski definition) is 0. The maximum Gasteiger partial charge on any atom is 0.0138 e. The summed E-state index contributed by atoms with van der Waals surface area (Å²) in [7, 11) is 0. The topological polar surface area (TPSA) is 0 Å². The third-order valence-corrected chi connectivity index (χ3v) is 4.13. The Hall–Kier alpha value is -1.56. The molecule has 0 bridgehead atoms. The van der Waals surface area contributed by atoms with Gasteiger partial charge in [-0.15, -0.1) is 0 Å². The molecule has 0 heterocycles. The van der Waals surface area contributed by atoms with E-state index in [0.717, 1.165) is 0 Å². The van der Waals surface area contributed by atoms with E-state index in [1.165, 1.54) is 24.0 Å². The fraction of sp³-hybridized carbons (Fsp3) is 0.520. The molecule has 0 radical (unpaired) electrons. The van der Waals surface area contributed by atoms with Gasteiger partial charge < -0.3 is 0 Å². The first-order valence-corrected chi connectivity index (χ1v) is 9.25. The highest BCUT2D eigenvalue weighted by Gasteiger charge is 2.27. The Morgan fingerprint density at radius 3 is 1.24 bits per heavy atom. The van der Waals surface area contributed by atoms with E-state index in [0.29, 0.717) is 11.3 Å². The monoisotopic (exact) mass is 340 g/mol. The van der Waals surface area contributed by atoms with Crippen LogP contribution in [0.5, 0.6) is 0 Å². The molecule has 0 amide bonds. The van der Waals surface area contributed by atoms with Crippen LogP contribution in [0.3, 0.4) is 0 Å². The van der Waals surface area contributed by atoms with Crippen molar-refractivity contribution in [2.45, 2.75) is 74.7 Å². The summed E-state index contributed by atoms with van der Waals surface area (Å²) in [4.78, 5) is 0. The van der Waals surface area contributed by atoms with Crippen LogP contribution in [0, 0.1) is 10.8 Å². The average Bonchev–Trinajstić information content (AvgIpc) is 2.47. The third kappa shape index (κ3) is 8.91. The molecule has 25 heavy (non-hydrogen) atoms. The number of rotatable bonds is 3. The zero-order valence-corrected chi connectivity index (χ0v) is 16.8. The van der Waals surface area contributed by atoms with E-state index in [9.17, 15) is 0 Å². The predicted octanol–water partition coefficient (Wildman–Crippen LogP) is 8.33. The van der Waals surface area contributed by atoms with Crippen LogP contribution in [-0.4, -0.2) is 0 Å². The lowest BCUT2D eigenvalue weighted by atomic mass is 9.73. The van der Waals surface area contributed by atoms with E-state index in [1.54, 1.807) is 0 Å². The van der Waals surface area contributed by atoms with Gasteiger partial charge in [0, 0.05) is 5.92 Å². The van der Waals surface area contributed by atoms with Crippen LogP contribution >= 0.6 is 0 Å². The average molecular weight is 341 g/mol. The molecule has 0 atom stereocenters. The van der Waals surface area contributed by atoms with Crippen molar-refractivity contribution in [1.29, 1.82) is 0 Å². The molecule has 2 aromatic rings. The van der Waals surface area contributed by atoms with Gasteiger partial charge in [-0.3, -0.25) is 0 Å². The molecule has 0 unspecified atom stereocenters. The largest absolute Gasteiger partial charge is 0.0776 e. The summed E-state index contributed by atoms with van der Waals surface area (Å²) < 4.78 is 0. The van der Waals surface area contributed by atoms with Crippen molar-refractivity contribution in [2.75, 3.05) is 0 Å². The Labute approximate surface area is 157 Å². The first-order chi connectivity index (χ1) is 11.1. The molecule has 0 aromatic heterocycles. The minimum absolute atomic E-state index is 0. The van der Waals surface area contributed by atoms with Crippen LogP contribution in [0.2, 0.25) is 0 Å². The standard InChI is InChI=1S/C17H20.C7H16.CH4/c1-17(2,3)16(14-10-6-4-7-11-14)15-12-8-5-9-13-15;1-5-6-7(2,3)4;/h4-13,16H,1-3H3;5-6H2,1-4H3;1H4. The fourth-order valence-corrected chi connectivity index (χ4v) is 3.23. The van der Waals surface area contributed by atoms with Crippen LogP contribution in [0.1, 0.15) is 85.8 Å². The summed E-state index contributed by atoms with van der Waals surface area (Å²) in [6, 6.07) is 21.5. The molecule has 0 aliphatic rings. The van der Waals surface area contributed by atoms with E-state index >= 15 is 0 Å². The van der Waals surface area contributed by atoms with Crippen LogP contribution in [0.25, 0.3) is 0 Å². The molecule has 0 nitrogen and oxygen atoms in total. The lowest BCUT2D eigenvalue weighted by molar-refractivity contribution is 0.358. The second kappa shape index (κ2) is 10.4. The van der Waals surface area contributed by atoms with Crippen molar-refractivity contribution in [3.8, 4) is 0 Å². The molecule has 0 saturated carbocycles. The molecule has 0 fully saturated rings. The van der Waals surface area contributed by atoms with Crippen LogP contribution < -0.4 is 0 Å². The summed E-state index contributed by atoms with van der Waals surface area (Å²) in [5, 5.41) is 0. The second-order valence-electron chi connectivity index (χ2n) is 8.93. The summed E-state index contributed by atoms with van der Waals surface area (Å²) in [5.41, 5.74) is 3.56. The maximum atomic E-state index is 2.30. The molecular weight excluding hydrogens is 300 g/mol. The normalized spacial score (nSPS) is 11.4. The minimum Gasteiger partial charge on any atom is -0.0776 e. The molecule has 0 aliphatic heterocycles. The van der Waals surface area contributed by atoms with Gasteiger partial charge in [0.15, 0.2) is 0 Å². The molecular formula is C25H40. The van der Waals surface area contributed by atoms with Gasteiger partial charge in [0.1, 0.15) is 0 Å². The quantitative estimate of drug-likeness (QED) is 0.526. The summed E-state index contributed by atoms with van der Waals surface area (Å²) >= 11 is 0. The predicted molar refractivity (Wildman–Crippen MR) is 115 cm³/mol. The van der Waals surface area contributed by atoms with Gasteiger partial charge in [-0.2, -0.15) is 0 Å². The van der Waals surface area contributed by atoms with E-state index in [-0.39, 0.29) is 12.8 Å². The summed E-state index contributed by atoms with van der Waals surface area (Å²) in [6.45, 7) is 16.0. The molecule has 0 N–H and O–H groups in total. The van der Waals surface area contributed by atoms with Crippen molar-refractivity contribution in [2.24, 2.45) is 10.8 Å². The second-order valence-corrected chi connectivity index (χ2v) is 8.93. The molecule has 0 heteroatoms. The highest BCUT2D eigenvalue weighted by Crippen LogP contribution is 2.40. The Morgan fingerprint density at radius 1 is 0.680 bits per heavy atom. The van der Waals surface area contributed by atoms with Gasteiger partial charge >= 0.3 is 0 Å². The van der Waals surface area contributed by atoms with Crippen molar-refractivity contribution in [3.63, 3.8) is 0 Å². The highest BCUT2D eigenvalue weighted by atomic mass is 14.3. The van der Waals surface area contributed by atoms with E-state index in [2.05, 4.69) is 109 Å². The molecule has 0 spiro atoms. The van der Waals surface area contributed by atoms with Gasteiger partial charge in [-0.1, -0.05) is 123 Å². The highest BCUT2D eigenvalue weighted by molar-refractivity contribution is 5.34. The molecule has 140 valence electrons. The van der Waals surface area contributed by atoms with E-state index in [1.807, 2.05) is 0 Å². The SMILES string of the molecule is C.CC(C)(C)C(c1ccccc1)c1ccccc1.CCCC(C)(C)C. The van der Waals surface area contributed by atoms with Crippen molar-refractivity contribution >= 4 is 0 Å². The smallest absolute Gasteiger partial charge is 0.0138 e. The zero-order chi connectivity index (χ0) is 18.2. The van der Waals surface area contributed by atoms with E-state index in [4.69, 9.17) is 0 Å². The Kier molecular flexibility index (Phi) is 9.78. The summed E-state index contributed by atoms with van der Waals surface area (Å²) in [6.07, 6.45) is 2.65. The molecule has 2 rings (SSSR count). The van der Waals surface area contributed by atoms with E-state index < -0.39 is 0 Å². The van der Waals surface area contributed by atoms with Crippen molar-refractivity contribution in [1.82, 2.24) is 0 Å². The Balaban J connectivity index is 0.000000620. The van der Waals surface area contributed by atoms with Crippen molar-refractivity contribution in [3.05, 3.63) is 71.8 Å². The van der Waals surface area contributed by atoms with Gasteiger partial charge in [-0.05, 0) is 28.4 Å². The molecule has 0 aliphatic carbocycles. The Bertz CT molecular complexity index is 513. The number of hydrogen-bond acceptors (Lipinski definition) is 0. The fourth-order valence-electron chi connectivity index (χ4n) is 3.23. The van der Waals surface area contributed by atoms with Crippen LogP contribution in [-0.2, 0) is 0 Å². The molecule has 0 saturated heterocycles. The minimum atomic E-state index is 0. The van der Waals surface area contributed by atoms with Gasteiger partial charge in [0.2, 0.25) is 0 Å². The maximum absolute atomic E-state index is 2.30. The van der Waals surface area contributed by atoms with Crippen LogP contribution in [0.4, 0.5) is 0 Å². The lowest BCUT2D eigenvalue weighted by Gasteiger charge is -2.31. The van der Waals surface area contributed by atoms with Gasteiger partial charge in [-0.25, -0.2) is 0 Å².